The van der Waals surface area contributed by atoms with Crippen LogP contribution < -0.4 is 15.5 Å². The summed E-state index contributed by atoms with van der Waals surface area (Å²) in [5.41, 5.74) is 3.80. The van der Waals surface area contributed by atoms with Gasteiger partial charge in [0.2, 0.25) is 0 Å². The molecule has 2 amide bonds. The molecule has 0 aliphatic carbocycles. The average molecular weight is 473 g/mol. The van der Waals surface area contributed by atoms with Gasteiger partial charge in [-0.25, -0.2) is 18.2 Å². The van der Waals surface area contributed by atoms with E-state index in [-0.39, 0.29) is 11.8 Å². The molecular weight excluding hydrogens is 448 g/mol. The number of aromatic nitrogens is 1. The summed E-state index contributed by atoms with van der Waals surface area (Å²) in [7, 11) is -3.38. The van der Waals surface area contributed by atoms with E-state index in [2.05, 4.69) is 10.6 Å². The van der Waals surface area contributed by atoms with Crippen molar-refractivity contribution in [3.63, 3.8) is 0 Å². The SMILES string of the molecule is Cc1ccc2nc(N3CCS(=O)(=O)c4ccccc4C3)cc(NC(=O)Nc3ccccc3)c2c1. The Bertz CT molecular complexity index is 1490. The first kappa shape index (κ1) is 21.9. The standard InChI is InChI=1S/C26H24N4O3S/c1-18-11-12-22-21(15-18)23(29-26(31)27-20-8-3-2-4-9-20)16-25(28-22)30-13-14-34(32,33)24-10-6-5-7-19(24)17-30/h2-12,15-16H,13-14,17H2,1H3,(H2,27,28,29,31). The van der Waals surface area contributed by atoms with Gasteiger partial charge < -0.3 is 15.5 Å². The van der Waals surface area contributed by atoms with E-state index in [4.69, 9.17) is 4.98 Å². The van der Waals surface area contributed by atoms with Crippen LogP contribution in [0.15, 0.2) is 83.8 Å². The average Bonchev–Trinajstić information content (AvgIpc) is 2.96. The molecule has 0 saturated heterocycles. The van der Waals surface area contributed by atoms with Gasteiger partial charge in [-0.2, -0.15) is 0 Å². The van der Waals surface area contributed by atoms with E-state index in [1.807, 2.05) is 78.6 Å². The molecule has 0 bridgehead atoms. The summed E-state index contributed by atoms with van der Waals surface area (Å²) in [6.45, 7) is 2.70. The topological polar surface area (TPSA) is 91.4 Å². The van der Waals surface area contributed by atoms with Crippen LogP contribution in [-0.4, -0.2) is 31.7 Å². The Morgan fingerprint density at radius 1 is 0.941 bits per heavy atom. The zero-order valence-corrected chi connectivity index (χ0v) is 19.5. The molecule has 5 rings (SSSR count). The lowest BCUT2D eigenvalue weighted by molar-refractivity contribution is 0.262. The van der Waals surface area contributed by atoms with E-state index in [1.54, 1.807) is 12.1 Å². The zero-order valence-electron chi connectivity index (χ0n) is 18.7. The highest BCUT2D eigenvalue weighted by molar-refractivity contribution is 7.91. The Morgan fingerprint density at radius 2 is 1.71 bits per heavy atom. The quantitative estimate of drug-likeness (QED) is 0.439. The van der Waals surface area contributed by atoms with Gasteiger partial charge in [-0.1, -0.05) is 48.0 Å². The minimum Gasteiger partial charge on any atom is -0.351 e. The highest BCUT2D eigenvalue weighted by Crippen LogP contribution is 2.31. The number of aryl methyl sites for hydroxylation is 1. The summed E-state index contributed by atoms with van der Waals surface area (Å²) >= 11 is 0. The lowest BCUT2D eigenvalue weighted by atomic mass is 10.1. The Kier molecular flexibility index (Phi) is 5.67. The monoisotopic (exact) mass is 472 g/mol. The molecule has 0 unspecified atom stereocenters. The summed E-state index contributed by atoms with van der Waals surface area (Å²) in [5, 5.41) is 6.61. The first-order chi connectivity index (χ1) is 16.4. The van der Waals surface area contributed by atoms with Crippen LogP contribution in [-0.2, 0) is 16.4 Å². The van der Waals surface area contributed by atoms with Crippen molar-refractivity contribution >= 4 is 44.0 Å². The van der Waals surface area contributed by atoms with Crippen molar-refractivity contribution in [3.05, 3.63) is 90.0 Å². The van der Waals surface area contributed by atoms with Crippen LogP contribution in [0.3, 0.4) is 0 Å². The van der Waals surface area contributed by atoms with Gasteiger partial charge in [-0.3, -0.25) is 0 Å². The van der Waals surface area contributed by atoms with Crippen molar-refractivity contribution < 1.29 is 13.2 Å². The molecular formula is C26H24N4O3S. The van der Waals surface area contributed by atoms with Crippen LogP contribution in [0.5, 0.6) is 0 Å². The smallest absolute Gasteiger partial charge is 0.323 e. The largest absolute Gasteiger partial charge is 0.351 e. The van der Waals surface area contributed by atoms with E-state index < -0.39 is 9.84 Å². The fourth-order valence-corrected chi connectivity index (χ4v) is 5.65. The fourth-order valence-electron chi connectivity index (χ4n) is 4.16. The number of nitrogens with one attached hydrogen (secondary N) is 2. The van der Waals surface area contributed by atoms with Gasteiger partial charge in [0.05, 0.1) is 21.9 Å². The number of nitrogens with zero attached hydrogens (tertiary/aromatic N) is 2. The molecule has 1 aliphatic rings. The summed E-state index contributed by atoms with van der Waals surface area (Å²) in [6, 6.07) is 23.6. The zero-order chi connectivity index (χ0) is 23.7. The molecule has 4 aromatic rings. The molecule has 1 aliphatic heterocycles. The first-order valence-corrected chi connectivity index (χ1v) is 12.6. The maximum absolute atomic E-state index is 12.8. The van der Waals surface area contributed by atoms with Crippen LogP contribution in [0.25, 0.3) is 10.9 Å². The normalized spacial score (nSPS) is 14.8. The van der Waals surface area contributed by atoms with E-state index in [9.17, 15) is 13.2 Å². The number of anilines is 3. The summed E-state index contributed by atoms with van der Waals surface area (Å²) in [5.74, 6) is 0.604. The first-order valence-electron chi connectivity index (χ1n) is 11.0. The number of urea groups is 1. The minimum absolute atomic E-state index is 0.00508. The maximum Gasteiger partial charge on any atom is 0.323 e. The van der Waals surface area contributed by atoms with Crippen molar-refractivity contribution in [3.8, 4) is 0 Å². The van der Waals surface area contributed by atoms with Gasteiger partial charge >= 0.3 is 6.03 Å². The summed E-state index contributed by atoms with van der Waals surface area (Å²) < 4.78 is 25.6. The predicted molar refractivity (Wildman–Crippen MR) is 135 cm³/mol. The number of sulfone groups is 1. The highest BCUT2D eigenvalue weighted by atomic mass is 32.2. The van der Waals surface area contributed by atoms with Gasteiger partial charge in [0.15, 0.2) is 9.84 Å². The van der Waals surface area contributed by atoms with Gasteiger partial charge in [0.1, 0.15) is 5.82 Å². The third-order valence-corrected chi connectivity index (χ3v) is 7.64. The second-order valence-electron chi connectivity index (χ2n) is 8.34. The van der Waals surface area contributed by atoms with Gasteiger partial charge in [-0.05, 0) is 42.8 Å². The number of benzene rings is 3. The van der Waals surface area contributed by atoms with Gasteiger partial charge in [0.25, 0.3) is 0 Å². The number of carbonyl (C=O) groups is 1. The summed E-state index contributed by atoms with van der Waals surface area (Å²) in [4.78, 5) is 19.9. The highest BCUT2D eigenvalue weighted by Gasteiger charge is 2.26. The van der Waals surface area contributed by atoms with Crippen LogP contribution in [0.1, 0.15) is 11.1 Å². The Balaban J connectivity index is 1.52. The molecule has 7 nitrogen and oxygen atoms in total. The van der Waals surface area contributed by atoms with Crippen molar-refractivity contribution in [2.75, 3.05) is 27.8 Å². The molecule has 1 aromatic heterocycles. The third kappa shape index (κ3) is 4.45. The van der Waals surface area contributed by atoms with E-state index in [1.165, 1.54) is 0 Å². The number of carbonyl (C=O) groups excluding carboxylic acids is 1. The number of para-hydroxylation sites is 1. The molecule has 2 heterocycles. The number of hydrogen-bond donors (Lipinski definition) is 2. The second kappa shape index (κ2) is 8.79. The van der Waals surface area contributed by atoms with Crippen molar-refractivity contribution in [1.82, 2.24) is 4.98 Å². The molecule has 34 heavy (non-hydrogen) atoms. The van der Waals surface area contributed by atoms with Crippen LogP contribution >= 0.6 is 0 Å². The molecule has 172 valence electrons. The Morgan fingerprint density at radius 3 is 2.53 bits per heavy atom. The molecule has 0 fully saturated rings. The van der Waals surface area contributed by atoms with E-state index in [0.717, 1.165) is 22.0 Å². The second-order valence-corrected chi connectivity index (χ2v) is 10.4. The molecule has 3 aromatic carbocycles. The number of hydrogen-bond acceptors (Lipinski definition) is 5. The third-order valence-electron chi connectivity index (χ3n) is 5.85. The van der Waals surface area contributed by atoms with Gasteiger partial charge in [-0.15, -0.1) is 0 Å². The number of amides is 2. The lowest BCUT2D eigenvalue weighted by Crippen LogP contribution is -2.27. The predicted octanol–water partition coefficient (Wildman–Crippen LogP) is 4.98. The molecule has 0 radical (unpaired) electrons. The Hall–Kier alpha value is -3.91. The molecule has 0 spiro atoms. The van der Waals surface area contributed by atoms with E-state index >= 15 is 0 Å². The molecule has 8 heteroatoms. The lowest BCUT2D eigenvalue weighted by Gasteiger charge is -2.23. The van der Waals surface area contributed by atoms with Crippen molar-refractivity contribution in [1.29, 1.82) is 0 Å². The van der Waals surface area contributed by atoms with Crippen LogP contribution in [0.2, 0.25) is 0 Å². The fraction of sp³-hybridized carbons (Fsp3) is 0.154. The maximum atomic E-state index is 12.8. The minimum atomic E-state index is -3.38. The molecule has 0 saturated carbocycles. The molecule has 2 N–H and O–H groups in total. The number of fused-ring (bicyclic) bond motifs is 2. The van der Waals surface area contributed by atoms with Crippen LogP contribution in [0.4, 0.5) is 22.0 Å². The number of rotatable bonds is 3. The molecule has 0 atom stereocenters. The van der Waals surface area contributed by atoms with E-state index in [0.29, 0.717) is 35.2 Å². The summed E-state index contributed by atoms with van der Waals surface area (Å²) in [6.07, 6.45) is 0. The van der Waals surface area contributed by atoms with Crippen molar-refractivity contribution in [2.45, 2.75) is 18.4 Å². The van der Waals surface area contributed by atoms with Gasteiger partial charge in [0, 0.05) is 30.2 Å². The number of pyridine rings is 1. The van der Waals surface area contributed by atoms with Crippen molar-refractivity contribution in [2.24, 2.45) is 0 Å². The Labute approximate surface area is 198 Å². The van der Waals surface area contributed by atoms with Crippen LogP contribution in [0, 0.1) is 6.92 Å².